The van der Waals surface area contributed by atoms with Crippen LogP contribution in [0.2, 0.25) is 5.02 Å². The molecule has 0 radical (unpaired) electrons. The minimum atomic E-state index is -2.71. The van der Waals surface area contributed by atoms with E-state index in [9.17, 15) is 24.6 Å². The number of aliphatic carboxylic acids is 2. The van der Waals surface area contributed by atoms with Crippen molar-refractivity contribution in [3.63, 3.8) is 0 Å². The first-order chi connectivity index (χ1) is 13.6. The van der Waals surface area contributed by atoms with E-state index in [0.717, 1.165) is 13.1 Å². The Morgan fingerprint density at radius 1 is 1.10 bits per heavy atom. The van der Waals surface area contributed by atoms with E-state index in [-0.39, 0.29) is 6.54 Å². The van der Waals surface area contributed by atoms with Gasteiger partial charge in [-0.2, -0.15) is 0 Å². The highest BCUT2D eigenvalue weighted by Gasteiger charge is 2.42. The molecule has 0 aliphatic carbocycles. The predicted molar refractivity (Wildman–Crippen MR) is 111 cm³/mol. The van der Waals surface area contributed by atoms with Gasteiger partial charge in [-0.3, -0.25) is 9.59 Å². The monoisotopic (exact) mass is 429 g/mol. The van der Waals surface area contributed by atoms with Gasteiger partial charge in [-0.25, -0.2) is 4.79 Å². The molecule has 9 nitrogen and oxygen atoms in total. The summed E-state index contributed by atoms with van der Waals surface area (Å²) in [6.07, 6.45) is -1.98. The molecular weight excluding hydrogens is 402 g/mol. The number of carbonyl (C=O) groups is 3. The number of carbonyl (C=O) groups excluding carboxylic acids is 1. The molecule has 1 amide bonds. The van der Waals surface area contributed by atoms with E-state index in [1.54, 1.807) is 25.2 Å². The Morgan fingerprint density at radius 3 is 2.21 bits per heavy atom. The van der Waals surface area contributed by atoms with Crippen LogP contribution in [0.5, 0.6) is 0 Å². The summed E-state index contributed by atoms with van der Waals surface area (Å²) >= 11 is 6.09. The topological polar surface area (TPSA) is 130 Å². The first-order valence-electron chi connectivity index (χ1n) is 9.25. The average molecular weight is 430 g/mol. The lowest BCUT2D eigenvalue weighted by Crippen LogP contribution is -2.47. The van der Waals surface area contributed by atoms with Crippen molar-refractivity contribution in [3.8, 4) is 0 Å². The van der Waals surface area contributed by atoms with Crippen molar-refractivity contribution < 1.29 is 29.7 Å². The highest BCUT2D eigenvalue weighted by molar-refractivity contribution is 6.31. The van der Waals surface area contributed by atoms with E-state index in [1.165, 1.54) is 4.90 Å². The van der Waals surface area contributed by atoms with Crippen molar-refractivity contribution in [2.24, 2.45) is 0 Å². The van der Waals surface area contributed by atoms with Crippen LogP contribution >= 0.6 is 11.6 Å². The maximum atomic E-state index is 13.0. The molecule has 0 heterocycles. The second kappa shape index (κ2) is 11.0. The van der Waals surface area contributed by atoms with E-state index in [0.29, 0.717) is 22.9 Å². The van der Waals surface area contributed by atoms with Gasteiger partial charge in [-0.15, -0.1) is 0 Å². The third-order valence-corrected chi connectivity index (χ3v) is 4.88. The first-order valence-corrected chi connectivity index (χ1v) is 9.63. The van der Waals surface area contributed by atoms with Crippen LogP contribution in [0, 0.1) is 0 Å². The number of aliphatic hydroxyl groups is 1. The van der Waals surface area contributed by atoms with Crippen molar-refractivity contribution in [2.75, 3.05) is 43.4 Å². The summed E-state index contributed by atoms with van der Waals surface area (Å²) < 4.78 is 0. The molecule has 29 heavy (non-hydrogen) atoms. The van der Waals surface area contributed by atoms with Crippen LogP contribution in [0.15, 0.2) is 18.2 Å². The zero-order valence-electron chi connectivity index (χ0n) is 16.8. The van der Waals surface area contributed by atoms with Crippen molar-refractivity contribution >= 4 is 40.8 Å². The highest BCUT2D eigenvalue weighted by Crippen LogP contribution is 2.31. The van der Waals surface area contributed by atoms with Gasteiger partial charge in [0.15, 0.2) is 5.60 Å². The Bertz CT molecular complexity index is 741. The minimum absolute atomic E-state index is 0.207. The zero-order chi connectivity index (χ0) is 22.2. The van der Waals surface area contributed by atoms with Gasteiger partial charge < -0.3 is 30.4 Å². The summed E-state index contributed by atoms with van der Waals surface area (Å²) in [6, 6.07) is 4.88. The van der Waals surface area contributed by atoms with Gasteiger partial charge in [0.1, 0.15) is 0 Å². The number of benzene rings is 1. The molecule has 0 saturated carbocycles. The predicted octanol–water partition coefficient (Wildman–Crippen LogP) is 1.74. The van der Waals surface area contributed by atoms with E-state index in [4.69, 9.17) is 16.7 Å². The van der Waals surface area contributed by atoms with Gasteiger partial charge in [-0.05, 0) is 31.3 Å². The van der Waals surface area contributed by atoms with E-state index in [2.05, 4.69) is 10.2 Å². The van der Waals surface area contributed by atoms with Crippen LogP contribution in [-0.2, 0) is 14.4 Å². The SMILES string of the molecule is CCN(CC)CCN(C(=O)CC(O)(CC(=O)O)C(=O)O)c1cc(Cl)ccc1NC. The summed E-state index contributed by atoms with van der Waals surface area (Å²) in [5, 5.41) is 31.9. The molecule has 1 rings (SSSR count). The molecule has 10 heteroatoms. The third-order valence-electron chi connectivity index (χ3n) is 4.64. The van der Waals surface area contributed by atoms with E-state index in [1.807, 2.05) is 13.8 Å². The second-order valence-corrected chi connectivity index (χ2v) is 7.00. The number of halogens is 1. The number of anilines is 2. The largest absolute Gasteiger partial charge is 0.481 e. The maximum Gasteiger partial charge on any atom is 0.336 e. The number of nitrogens with zero attached hydrogens (tertiary/aromatic N) is 2. The summed E-state index contributed by atoms with van der Waals surface area (Å²) in [5.41, 5.74) is -1.71. The average Bonchev–Trinajstić information content (AvgIpc) is 2.64. The number of carboxylic acids is 2. The summed E-state index contributed by atoms with van der Waals surface area (Å²) in [7, 11) is 1.66. The number of amides is 1. The molecule has 4 N–H and O–H groups in total. The molecule has 162 valence electrons. The Kier molecular flexibility index (Phi) is 9.35. The quantitative estimate of drug-likeness (QED) is 0.395. The Morgan fingerprint density at radius 2 is 1.72 bits per heavy atom. The fourth-order valence-electron chi connectivity index (χ4n) is 2.91. The van der Waals surface area contributed by atoms with Crippen LogP contribution in [0.3, 0.4) is 0 Å². The molecule has 0 spiro atoms. The van der Waals surface area contributed by atoms with Gasteiger partial charge in [0, 0.05) is 25.2 Å². The minimum Gasteiger partial charge on any atom is -0.481 e. The van der Waals surface area contributed by atoms with Gasteiger partial charge in [0.25, 0.3) is 0 Å². The fraction of sp³-hybridized carbons (Fsp3) is 0.526. The highest BCUT2D eigenvalue weighted by atomic mass is 35.5. The summed E-state index contributed by atoms with van der Waals surface area (Å²) in [6.45, 7) is 6.17. The van der Waals surface area contributed by atoms with E-state index < -0.39 is 36.3 Å². The number of hydrogen-bond acceptors (Lipinski definition) is 6. The number of carboxylic acid groups (broad SMARTS) is 2. The number of hydrogen-bond donors (Lipinski definition) is 4. The Labute approximate surface area is 174 Å². The van der Waals surface area contributed by atoms with Gasteiger partial charge in [0.2, 0.25) is 5.91 Å². The van der Waals surface area contributed by atoms with Crippen molar-refractivity contribution in [1.29, 1.82) is 0 Å². The van der Waals surface area contributed by atoms with Crippen molar-refractivity contribution in [1.82, 2.24) is 4.90 Å². The number of nitrogens with one attached hydrogen (secondary N) is 1. The van der Waals surface area contributed by atoms with Crippen LogP contribution in [0.1, 0.15) is 26.7 Å². The van der Waals surface area contributed by atoms with E-state index >= 15 is 0 Å². The lowest BCUT2D eigenvalue weighted by Gasteiger charge is -2.30. The molecule has 0 saturated heterocycles. The molecule has 1 aromatic carbocycles. The van der Waals surface area contributed by atoms with Gasteiger partial charge in [0.05, 0.1) is 24.2 Å². The Hall–Kier alpha value is -2.36. The normalized spacial score (nSPS) is 13.0. The fourth-order valence-corrected chi connectivity index (χ4v) is 3.08. The Balaban J connectivity index is 3.29. The van der Waals surface area contributed by atoms with Crippen molar-refractivity contribution in [3.05, 3.63) is 23.2 Å². The molecule has 0 fully saturated rings. The van der Waals surface area contributed by atoms with Crippen LogP contribution in [0.25, 0.3) is 0 Å². The zero-order valence-corrected chi connectivity index (χ0v) is 17.6. The molecular formula is C19H28ClN3O6. The smallest absolute Gasteiger partial charge is 0.336 e. The van der Waals surface area contributed by atoms with Crippen LogP contribution in [0.4, 0.5) is 11.4 Å². The number of rotatable bonds is 12. The van der Waals surface area contributed by atoms with Crippen LogP contribution < -0.4 is 10.2 Å². The first kappa shape index (κ1) is 24.7. The van der Waals surface area contributed by atoms with Crippen molar-refractivity contribution in [2.45, 2.75) is 32.3 Å². The molecule has 0 bridgehead atoms. The molecule has 1 atom stereocenters. The van der Waals surface area contributed by atoms with Crippen LogP contribution in [-0.4, -0.2) is 76.9 Å². The van der Waals surface area contributed by atoms with Gasteiger partial charge >= 0.3 is 11.9 Å². The molecule has 0 aliphatic heterocycles. The summed E-state index contributed by atoms with van der Waals surface area (Å²) in [4.78, 5) is 38.9. The lowest BCUT2D eigenvalue weighted by molar-refractivity contribution is -0.167. The molecule has 0 aliphatic rings. The summed E-state index contributed by atoms with van der Waals surface area (Å²) in [5.74, 6) is -4.00. The second-order valence-electron chi connectivity index (χ2n) is 6.57. The third kappa shape index (κ3) is 6.88. The molecule has 1 unspecified atom stereocenters. The maximum absolute atomic E-state index is 13.0. The standard InChI is InChI=1S/C19H28ClN3O6/c1-4-22(5-2)8-9-23(15-10-13(20)6-7-14(15)21-3)16(24)11-19(29,18(27)28)12-17(25)26/h6-7,10,21,29H,4-5,8-9,11-12H2,1-3H3,(H,25,26)(H,27,28). The number of likely N-dealkylation sites (N-methyl/N-ethyl adjacent to an activating group) is 1. The molecule has 0 aromatic heterocycles. The van der Waals surface area contributed by atoms with Gasteiger partial charge in [-0.1, -0.05) is 25.4 Å². The lowest BCUT2D eigenvalue weighted by atomic mass is 9.94. The molecule has 1 aromatic rings.